The summed E-state index contributed by atoms with van der Waals surface area (Å²) in [5.41, 5.74) is 0. The normalized spacial score (nSPS) is 25.0. The Balaban J connectivity index is 1.98. The zero-order valence-electron chi connectivity index (χ0n) is 11.4. The van der Waals surface area contributed by atoms with Gasteiger partial charge in [0.15, 0.2) is 5.16 Å². The smallest absolute Gasteiger partial charge is 0.191 e. The molecule has 1 heterocycles. The number of aromatic nitrogens is 3. The summed E-state index contributed by atoms with van der Waals surface area (Å²) in [7, 11) is 2.02. The average Bonchev–Trinajstić information content (AvgIpc) is 2.64. The van der Waals surface area contributed by atoms with Gasteiger partial charge in [0.2, 0.25) is 0 Å². The number of aryl methyl sites for hydroxylation is 1. The molecule has 18 heavy (non-hydrogen) atoms. The van der Waals surface area contributed by atoms with Gasteiger partial charge >= 0.3 is 0 Å². The van der Waals surface area contributed by atoms with Crippen molar-refractivity contribution in [3.05, 3.63) is 6.33 Å². The first-order valence-corrected chi connectivity index (χ1v) is 7.93. The lowest BCUT2D eigenvalue weighted by atomic mass is 10.1. The fraction of sp³-hybridized carbons (Fsp3) is 0.846. The minimum absolute atomic E-state index is 0.633. The third-order valence-corrected chi connectivity index (χ3v) is 4.98. The van der Waals surface area contributed by atoms with E-state index in [1.165, 1.54) is 38.5 Å². The third-order valence-electron chi connectivity index (χ3n) is 3.54. The van der Waals surface area contributed by atoms with Gasteiger partial charge in [-0.05, 0) is 25.8 Å². The number of nitrogens with one attached hydrogen (secondary N) is 1. The summed E-state index contributed by atoms with van der Waals surface area (Å²) in [5.74, 6) is 0. The maximum atomic E-state index is 4.20. The monoisotopic (exact) mass is 268 g/mol. The predicted octanol–water partition coefficient (Wildman–Crippen LogP) is 2.61. The van der Waals surface area contributed by atoms with Crippen LogP contribution in [0.5, 0.6) is 0 Å². The molecule has 0 aromatic carbocycles. The molecule has 1 aromatic heterocycles. The molecular formula is C13H24N4S. The fourth-order valence-corrected chi connectivity index (χ4v) is 3.75. The number of hydrogen-bond donors (Lipinski definition) is 1. The Labute approximate surface area is 114 Å². The van der Waals surface area contributed by atoms with Crippen LogP contribution >= 0.6 is 11.8 Å². The second-order valence-electron chi connectivity index (χ2n) is 5.08. The van der Waals surface area contributed by atoms with Gasteiger partial charge in [0.1, 0.15) is 6.33 Å². The fourth-order valence-electron chi connectivity index (χ4n) is 2.49. The van der Waals surface area contributed by atoms with E-state index in [4.69, 9.17) is 0 Å². The molecule has 0 spiro atoms. The minimum atomic E-state index is 0.633. The van der Waals surface area contributed by atoms with E-state index in [1.54, 1.807) is 6.33 Å². The van der Waals surface area contributed by atoms with Crippen molar-refractivity contribution in [2.24, 2.45) is 7.05 Å². The van der Waals surface area contributed by atoms with Gasteiger partial charge in [0.05, 0.1) is 0 Å². The highest BCUT2D eigenvalue weighted by Crippen LogP contribution is 2.31. The maximum absolute atomic E-state index is 4.20. The number of thioether (sulfide) groups is 1. The molecule has 2 unspecified atom stereocenters. The summed E-state index contributed by atoms with van der Waals surface area (Å²) >= 11 is 1.90. The van der Waals surface area contributed by atoms with Crippen molar-refractivity contribution in [3.63, 3.8) is 0 Å². The van der Waals surface area contributed by atoms with Crippen LogP contribution in [0.4, 0.5) is 0 Å². The number of hydrogen-bond acceptors (Lipinski definition) is 4. The molecule has 5 heteroatoms. The lowest BCUT2D eigenvalue weighted by Gasteiger charge is -2.25. The summed E-state index contributed by atoms with van der Waals surface area (Å²) in [6, 6.07) is 0.633. The summed E-state index contributed by atoms with van der Waals surface area (Å²) in [4.78, 5) is 0. The Morgan fingerprint density at radius 1 is 1.39 bits per heavy atom. The molecule has 1 fully saturated rings. The van der Waals surface area contributed by atoms with Crippen LogP contribution in [0.3, 0.4) is 0 Å². The van der Waals surface area contributed by atoms with Crippen LogP contribution in [0, 0.1) is 0 Å². The van der Waals surface area contributed by atoms with Crippen LogP contribution < -0.4 is 5.32 Å². The second-order valence-corrected chi connectivity index (χ2v) is 6.29. The van der Waals surface area contributed by atoms with Gasteiger partial charge in [0, 0.05) is 18.3 Å². The van der Waals surface area contributed by atoms with E-state index in [0.29, 0.717) is 11.3 Å². The van der Waals surface area contributed by atoms with E-state index in [9.17, 15) is 0 Å². The molecule has 0 aliphatic heterocycles. The van der Waals surface area contributed by atoms with E-state index in [0.717, 1.165) is 11.7 Å². The van der Waals surface area contributed by atoms with Gasteiger partial charge in [-0.2, -0.15) is 0 Å². The quantitative estimate of drug-likeness (QED) is 0.834. The van der Waals surface area contributed by atoms with Crippen molar-refractivity contribution in [2.45, 2.75) is 61.9 Å². The van der Waals surface area contributed by atoms with Crippen molar-refractivity contribution >= 4 is 11.8 Å². The van der Waals surface area contributed by atoms with Crippen LogP contribution in [-0.4, -0.2) is 32.6 Å². The zero-order chi connectivity index (χ0) is 12.8. The molecule has 0 bridgehead atoms. The van der Waals surface area contributed by atoms with Crippen LogP contribution in [0.2, 0.25) is 0 Å². The highest BCUT2D eigenvalue weighted by atomic mass is 32.2. The Morgan fingerprint density at radius 2 is 2.22 bits per heavy atom. The van der Waals surface area contributed by atoms with Gasteiger partial charge in [-0.1, -0.05) is 37.9 Å². The molecule has 2 atom stereocenters. The highest BCUT2D eigenvalue weighted by molar-refractivity contribution is 7.99. The summed E-state index contributed by atoms with van der Waals surface area (Å²) in [5, 5.41) is 13.6. The van der Waals surface area contributed by atoms with Crippen molar-refractivity contribution in [1.82, 2.24) is 20.1 Å². The van der Waals surface area contributed by atoms with Gasteiger partial charge in [-0.15, -0.1) is 10.2 Å². The number of rotatable bonds is 5. The molecule has 4 nitrogen and oxygen atoms in total. The van der Waals surface area contributed by atoms with Crippen LogP contribution in [-0.2, 0) is 7.05 Å². The molecule has 1 aromatic rings. The van der Waals surface area contributed by atoms with Crippen LogP contribution in [0.25, 0.3) is 0 Å². The SMILES string of the molecule is CCCNC1CCCCCC1Sc1nncn1C. The van der Waals surface area contributed by atoms with Gasteiger partial charge in [0.25, 0.3) is 0 Å². The molecule has 0 amide bonds. The predicted molar refractivity (Wildman–Crippen MR) is 75.8 cm³/mol. The van der Waals surface area contributed by atoms with Crippen LogP contribution in [0.15, 0.2) is 11.5 Å². The minimum Gasteiger partial charge on any atom is -0.313 e. The summed E-state index contributed by atoms with van der Waals surface area (Å²) in [6.07, 6.45) is 9.66. The molecule has 0 radical (unpaired) electrons. The summed E-state index contributed by atoms with van der Waals surface area (Å²) < 4.78 is 2.02. The first-order valence-electron chi connectivity index (χ1n) is 7.05. The Bertz CT molecular complexity index is 353. The molecule has 1 aliphatic carbocycles. The Morgan fingerprint density at radius 3 is 2.94 bits per heavy atom. The van der Waals surface area contributed by atoms with Gasteiger partial charge in [-0.25, -0.2) is 0 Å². The molecule has 1 aliphatic rings. The lowest BCUT2D eigenvalue weighted by Crippen LogP contribution is -2.38. The first-order chi connectivity index (χ1) is 8.81. The largest absolute Gasteiger partial charge is 0.313 e. The van der Waals surface area contributed by atoms with E-state index in [-0.39, 0.29) is 0 Å². The highest BCUT2D eigenvalue weighted by Gasteiger charge is 2.25. The Kier molecular flexibility index (Phi) is 5.50. The molecule has 2 rings (SSSR count). The van der Waals surface area contributed by atoms with Crippen molar-refractivity contribution in [1.29, 1.82) is 0 Å². The van der Waals surface area contributed by atoms with Crippen LogP contribution in [0.1, 0.15) is 45.4 Å². The molecular weight excluding hydrogens is 244 g/mol. The molecule has 1 N–H and O–H groups in total. The third kappa shape index (κ3) is 3.72. The standard InChI is InChI=1S/C13H24N4S/c1-3-9-14-11-7-5-4-6-8-12(11)18-13-16-15-10-17(13)2/h10-12,14H,3-9H2,1-2H3. The Hall–Kier alpha value is -0.550. The topological polar surface area (TPSA) is 42.7 Å². The van der Waals surface area contributed by atoms with Crippen molar-refractivity contribution in [2.75, 3.05) is 6.54 Å². The summed E-state index contributed by atoms with van der Waals surface area (Å²) in [6.45, 7) is 3.36. The second kappa shape index (κ2) is 7.14. The van der Waals surface area contributed by atoms with Gasteiger partial charge < -0.3 is 9.88 Å². The van der Waals surface area contributed by atoms with E-state index in [1.807, 2.05) is 23.4 Å². The average molecular weight is 268 g/mol. The van der Waals surface area contributed by atoms with E-state index >= 15 is 0 Å². The van der Waals surface area contributed by atoms with Gasteiger partial charge in [-0.3, -0.25) is 0 Å². The first kappa shape index (κ1) is 13.9. The molecule has 1 saturated carbocycles. The lowest BCUT2D eigenvalue weighted by molar-refractivity contribution is 0.469. The maximum Gasteiger partial charge on any atom is 0.191 e. The number of nitrogens with zero attached hydrogens (tertiary/aromatic N) is 3. The molecule has 0 saturated heterocycles. The zero-order valence-corrected chi connectivity index (χ0v) is 12.2. The van der Waals surface area contributed by atoms with Crippen molar-refractivity contribution in [3.8, 4) is 0 Å². The van der Waals surface area contributed by atoms with E-state index < -0.39 is 0 Å². The van der Waals surface area contributed by atoms with E-state index in [2.05, 4.69) is 22.4 Å². The molecule has 102 valence electrons. The van der Waals surface area contributed by atoms with Crippen molar-refractivity contribution < 1.29 is 0 Å².